The number of hydrogen-bond donors (Lipinski definition) is 3. The van der Waals surface area contributed by atoms with Crippen LogP contribution in [0.1, 0.15) is 30.4 Å². The average Bonchev–Trinajstić information content (AvgIpc) is 3.32. The molecule has 4 heterocycles. The Labute approximate surface area is 165 Å². The minimum absolute atomic E-state index is 0.337. The normalized spacial score (nSPS) is 32.1. The number of hydrogen-bond acceptors (Lipinski definition) is 7. The molecule has 4 N–H and O–H groups in total. The number of fused-ring (bicyclic) bond motifs is 2. The van der Waals surface area contributed by atoms with E-state index in [1.54, 1.807) is 29.8 Å². The van der Waals surface area contributed by atoms with E-state index < -0.39 is 30.1 Å². The lowest BCUT2D eigenvalue weighted by molar-refractivity contribution is -0.130. The molecule has 5 rings (SSSR count). The van der Waals surface area contributed by atoms with Crippen molar-refractivity contribution < 1.29 is 19.7 Å². The van der Waals surface area contributed by atoms with Crippen LogP contribution in [0.4, 0.5) is 5.82 Å². The van der Waals surface area contributed by atoms with E-state index in [4.69, 9.17) is 26.8 Å². The van der Waals surface area contributed by atoms with Crippen molar-refractivity contribution in [3.05, 3.63) is 52.9 Å². The molecule has 28 heavy (non-hydrogen) atoms. The Morgan fingerprint density at radius 3 is 2.96 bits per heavy atom. The Morgan fingerprint density at radius 2 is 2.14 bits per heavy atom. The summed E-state index contributed by atoms with van der Waals surface area (Å²) in [5, 5.41) is 23.3. The largest absolute Gasteiger partial charge is 0.385 e. The van der Waals surface area contributed by atoms with Gasteiger partial charge in [-0.1, -0.05) is 17.7 Å². The molecule has 1 aromatic carbocycles. The van der Waals surface area contributed by atoms with E-state index in [-0.39, 0.29) is 0 Å². The molecule has 0 amide bonds. The molecule has 2 aliphatic heterocycles. The second-order valence-electron chi connectivity index (χ2n) is 7.41. The molecular formula is C19H19ClN4O4. The van der Waals surface area contributed by atoms with Gasteiger partial charge in [0.2, 0.25) is 0 Å². The number of aliphatic hydroxyl groups excluding tert-OH is 1. The molecule has 3 aromatic rings. The topological polar surface area (TPSA) is 116 Å². The Hall–Kier alpha value is -2.23. The van der Waals surface area contributed by atoms with Crippen LogP contribution in [-0.4, -0.2) is 42.6 Å². The van der Waals surface area contributed by atoms with Gasteiger partial charge in [0.05, 0.1) is 12.0 Å². The van der Waals surface area contributed by atoms with Gasteiger partial charge in [-0.15, -0.1) is 0 Å². The minimum Gasteiger partial charge on any atom is -0.385 e. The molecule has 0 radical (unpaired) electrons. The highest BCUT2D eigenvalue weighted by atomic mass is 35.5. The summed E-state index contributed by atoms with van der Waals surface area (Å²) < 4.78 is 13.7. The zero-order valence-corrected chi connectivity index (χ0v) is 15.7. The van der Waals surface area contributed by atoms with Gasteiger partial charge >= 0.3 is 0 Å². The SMILES string of the molecule is C[C@@]1(O)[C@@H]([C@@H]2OCc3cc(Cl)ccc32)O[C@@H](n2ccc3c(N)ncnc32)[C@@H]1O. The van der Waals surface area contributed by atoms with E-state index in [0.29, 0.717) is 28.5 Å². The molecule has 0 unspecified atom stereocenters. The maximum atomic E-state index is 11.1. The lowest BCUT2D eigenvalue weighted by Crippen LogP contribution is -2.47. The fraction of sp³-hybridized carbons (Fsp3) is 0.368. The van der Waals surface area contributed by atoms with Crippen molar-refractivity contribution in [2.45, 2.75) is 43.7 Å². The fourth-order valence-corrected chi connectivity index (χ4v) is 4.30. The van der Waals surface area contributed by atoms with Crippen LogP contribution < -0.4 is 5.73 Å². The molecule has 9 heteroatoms. The van der Waals surface area contributed by atoms with Gasteiger partial charge in [-0.3, -0.25) is 0 Å². The van der Waals surface area contributed by atoms with Gasteiger partial charge in [0.15, 0.2) is 6.23 Å². The van der Waals surface area contributed by atoms with E-state index in [1.807, 2.05) is 12.1 Å². The number of nitrogens with two attached hydrogens (primary N) is 1. The Kier molecular flexibility index (Phi) is 3.91. The number of nitrogens with zero attached hydrogens (tertiary/aromatic N) is 3. The lowest BCUT2D eigenvalue weighted by Gasteiger charge is -2.30. The van der Waals surface area contributed by atoms with Crippen molar-refractivity contribution in [1.82, 2.24) is 14.5 Å². The monoisotopic (exact) mass is 402 g/mol. The zero-order chi connectivity index (χ0) is 19.6. The summed E-state index contributed by atoms with van der Waals surface area (Å²) in [7, 11) is 0. The first-order valence-corrected chi connectivity index (χ1v) is 9.28. The van der Waals surface area contributed by atoms with Crippen molar-refractivity contribution in [2.75, 3.05) is 5.73 Å². The fourth-order valence-electron chi connectivity index (χ4n) is 4.11. The molecule has 0 spiro atoms. The Morgan fingerprint density at radius 1 is 1.32 bits per heavy atom. The van der Waals surface area contributed by atoms with Crippen LogP contribution in [0.2, 0.25) is 5.02 Å². The second-order valence-corrected chi connectivity index (χ2v) is 7.85. The highest BCUT2D eigenvalue weighted by molar-refractivity contribution is 6.30. The third-order valence-corrected chi connectivity index (χ3v) is 5.89. The first-order chi connectivity index (χ1) is 13.4. The van der Waals surface area contributed by atoms with Crippen molar-refractivity contribution >= 4 is 28.5 Å². The zero-order valence-electron chi connectivity index (χ0n) is 15.0. The summed E-state index contributed by atoms with van der Waals surface area (Å²) >= 11 is 6.07. The smallest absolute Gasteiger partial charge is 0.164 e. The molecule has 1 fully saturated rings. The van der Waals surface area contributed by atoms with Crippen LogP contribution in [0.5, 0.6) is 0 Å². The number of ether oxygens (including phenoxy) is 2. The third-order valence-electron chi connectivity index (χ3n) is 5.65. The number of anilines is 1. The van der Waals surface area contributed by atoms with E-state index in [2.05, 4.69) is 9.97 Å². The predicted molar refractivity (Wildman–Crippen MR) is 101 cm³/mol. The van der Waals surface area contributed by atoms with Crippen molar-refractivity contribution in [3.63, 3.8) is 0 Å². The molecule has 1 saturated heterocycles. The number of aromatic nitrogens is 3. The Balaban J connectivity index is 1.53. The van der Waals surface area contributed by atoms with Crippen molar-refractivity contribution in [1.29, 1.82) is 0 Å². The van der Waals surface area contributed by atoms with Gasteiger partial charge in [0.1, 0.15) is 41.7 Å². The van der Waals surface area contributed by atoms with Crippen LogP contribution in [0.15, 0.2) is 36.8 Å². The summed E-state index contributed by atoms with van der Waals surface area (Å²) in [4.78, 5) is 8.23. The maximum absolute atomic E-state index is 11.1. The quantitative estimate of drug-likeness (QED) is 0.599. The van der Waals surface area contributed by atoms with Crippen LogP contribution in [0.25, 0.3) is 11.0 Å². The van der Waals surface area contributed by atoms with Crippen LogP contribution in [0.3, 0.4) is 0 Å². The molecule has 146 valence electrons. The predicted octanol–water partition coefficient (Wildman–Crippen LogP) is 1.95. The molecule has 0 saturated carbocycles. The summed E-state index contributed by atoms with van der Waals surface area (Å²) in [6.07, 6.45) is -0.304. The third kappa shape index (κ3) is 2.46. The first kappa shape index (κ1) is 17.8. The minimum atomic E-state index is -1.55. The van der Waals surface area contributed by atoms with Crippen LogP contribution >= 0.6 is 11.6 Å². The standard InChI is InChI=1S/C19H19ClN4O4/c1-19(26)14(25)18(24-5-4-12-16(21)22-8-23-17(12)24)28-15(19)13-11-3-2-10(20)6-9(11)7-27-13/h2-6,8,13-15,18,25-26H,7H2,1H3,(H2,21,22,23)/t13-,14+,15-,18-,19+/m1/s1. The number of halogens is 1. The number of aliphatic hydroxyl groups is 2. The summed E-state index contributed by atoms with van der Waals surface area (Å²) in [6.45, 7) is 1.92. The summed E-state index contributed by atoms with van der Waals surface area (Å²) in [5.74, 6) is 0.337. The molecule has 2 aliphatic rings. The average molecular weight is 403 g/mol. The molecule has 5 atom stereocenters. The van der Waals surface area contributed by atoms with Crippen molar-refractivity contribution in [2.24, 2.45) is 0 Å². The Bertz CT molecular complexity index is 1070. The lowest BCUT2D eigenvalue weighted by atomic mass is 9.88. The first-order valence-electron chi connectivity index (χ1n) is 8.91. The molecule has 0 bridgehead atoms. The number of rotatable bonds is 2. The van der Waals surface area contributed by atoms with Gasteiger partial charge in [-0.25, -0.2) is 9.97 Å². The van der Waals surface area contributed by atoms with Crippen molar-refractivity contribution in [3.8, 4) is 0 Å². The van der Waals surface area contributed by atoms with Gasteiger partial charge in [-0.05, 0) is 36.2 Å². The van der Waals surface area contributed by atoms with E-state index in [0.717, 1.165) is 11.1 Å². The van der Waals surface area contributed by atoms with Gasteiger partial charge in [0, 0.05) is 11.2 Å². The highest BCUT2D eigenvalue weighted by Crippen LogP contribution is 2.47. The summed E-state index contributed by atoms with van der Waals surface area (Å²) in [5.41, 5.74) is 6.71. The molecular weight excluding hydrogens is 384 g/mol. The van der Waals surface area contributed by atoms with Crippen LogP contribution in [0, 0.1) is 0 Å². The number of nitrogen functional groups attached to an aromatic ring is 1. The van der Waals surface area contributed by atoms with Crippen LogP contribution in [-0.2, 0) is 16.1 Å². The highest BCUT2D eigenvalue weighted by Gasteiger charge is 2.57. The summed E-state index contributed by atoms with van der Waals surface area (Å²) in [6, 6.07) is 7.24. The van der Waals surface area contributed by atoms with E-state index in [1.165, 1.54) is 6.33 Å². The molecule has 0 aliphatic carbocycles. The molecule has 2 aromatic heterocycles. The second kappa shape index (κ2) is 6.13. The molecule has 8 nitrogen and oxygen atoms in total. The van der Waals surface area contributed by atoms with Gasteiger partial charge in [0.25, 0.3) is 0 Å². The number of benzene rings is 1. The van der Waals surface area contributed by atoms with E-state index in [9.17, 15) is 10.2 Å². The van der Waals surface area contributed by atoms with Gasteiger partial charge in [-0.2, -0.15) is 0 Å². The maximum Gasteiger partial charge on any atom is 0.164 e. The van der Waals surface area contributed by atoms with Gasteiger partial charge < -0.3 is 30.0 Å². The van der Waals surface area contributed by atoms with E-state index >= 15 is 0 Å².